The molecule has 1 nitrogen and oxygen atoms in total. The molecule has 0 aromatic carbocycles. The molecule has 0 saturated carbocycles. The Balaban J connectivity index is 2.51. The van der Waals surface area contributed by atoms with Crippen LogP contribution in [0.5, 0.6) is 0 Å². The molecule has 0 aromatic rings. The van der Waals surface area contributed by atoms with Crippen LogP contribution in [0.15, 0.2) is 41.1 Å². The maximum Gasteiger partial charge on any atom is 0.0703 e. The van der Waals surface area contributed by atoms with Crippen LogP contribution in [0.2, 0.25) is 0 Å². The number of aliphatic imine (C=N–C) groups is 1. The number of nitrogens with zero attached hydrogens (tertiary/aromatic N) is 1. The smallest absolute Gasteiger partial charge is 0.0703 e. The first-order valence-corrected chi connectivity index (χ1v) is 3.45. The average molecular weight is 147 g/mol. The fourth-order valence-corrected chi connectivity index (χ4v) is 1.18. The summed E-state index contributed by atoms with van der Waals surface area (Å²) in [4.78, 5) is 4.99. The maximum absolute atomic E-state index is 4.98. The summed E-state index contributed by atoms with van der Waals surface area (Å²) in [5.41, 5.74) is 2.15. The number of rotatable bonds is 0. The van der Waals surface area contributed by atoms with E-state index in [2.05, 4.69) is 4.99 Å². The van der Waals surface area contributed by atoms with E-state index in [1.807, 2.05) is 24.3 Å². The zero-order valence-corrected chi connectivity index (χ0v) is 6.06. The number of thiocarbonyl (C=S) groups is 1. The van der Waals surface area contributed by atoms with Gasteiger partial charge in [0.2, 0.25) is 0 Å². The molecule has 0 saturated heterocycles. The Morgan fingerprint density at radius 3 is 3.00 bits per heavy atom. The van der Waals surface area contributed by atoms with Crippen molar-refractivity contribution in [3.63, 3.8) is 0 Å². The van der Waals surface area contributed by atoms with Crippen molar-refractivity contribution in [1.82, 2.24) is 0 Å². The van der Waals surface area contributed by atoms with Gasteiger partial charge in [0.05, 0.1) is 5.71 Å². The molecule has 48 valence electrons. The molecule has 0 unspecified atom stereocenters. The van der Waals surface area contributed by atoms with Gasteiger partial charge in [0.1, 0.15) is 0 Å². The molecule has 10 heavy (non-hydrogen) atoms. The molecule has 1 aliphatic heterocycles. The summed E-state index contributed by atoms with van der Waals surface area (Å²) in [6.07, 6.45) is 9.55. The minimum absolute atomic E-state index is 0.875. The number of allylic oxidation sites excluding steroid dienone is 5. The van der Waals surface area contributed by atoms with Crippen molar-refractivity contribution in [3.8, 4) is 0 Å². The van der Waals surface area contributed by atoms with Crippen molar-refractivity contribution in [2.75, 3.05) is 0 Å². The first kappa shape index (κ1) is 5.74. The predicted octanol–water partition coefficient (Wildman–Crippen LogP) is 1.82. The largest absolute Gasteiger partial charge is 0.256 e. The lowest BCUT2D eigenvalue weighted by Crippen LogP contribution is -2.01. The highest BCUT2D eigenvalue weighted by atomic mass is 32.1. The van der Waals surface area contributed by atoms with Crippen LogP contribution >= 0.6 is 12.2 Å². The Labute approximate surface area is 64.5 Å². The van der Waals surface area contributed by atoms with Crippen LogP contribution < -0.4 is 0 Å². The van der Waals surface area contributed by atoms with Gasteiger partial charge in [0.15, 0.2) is 0 Å². The lowest BCUT2D eigenvalue weighted by molar-refractivity contribution is 1.63. The van der Waals surface area contributed by atoms with Crippen molar-refractivity contribution < 1.29 is 0 Å². The molecule has 0 N–H and O–H groups in total. The van der Waals surface area contributed by atoms with Crippen LogP contribution in [0.4, 0.5) is 0 Å². The van der Waals surface area contributed by atoms with E-state index in [-0.39, 0.29) is 0 Å². The summed E-state index contributed by atoms with van der Waals surface area (Å²) in [5, 5.41) is 0. The van der Waals surface area contributed by atoms with Crippen LogP contribution in [0.3, 0.4) is 0 Å². The molecule has 0 radical (unpaired) electrons. The third-order valence-corrected chi connectivity index (χ3v) is 1.72. The summed E-state index contributed by atoms with van der Waals surface area (Å²) in [6.45, 7) is 0. The molecule has 0 aromatic heterocycles. The van der Waals surface area contributed by atoms with Gasteiger partial charge >= 0.3 is 0 Å². The van der Waals surface area contributed by atoms with Gasteiger partial charge in [-0.2, -0.15) is 0 Å². The number of fused-ring (bicyclic) bond motifs is 1. The van der Waals surface area contributed by atoms with E-state index >= 15 is 0 Å². The van der Waals surface area contributed by atoms with Gasteiger partial charge in [-0.1, -0.05) is 12.2 Å². The minimum Gasteiger partial charge on any atom is -0.256 e. The summed E-state index contributed by atoms with van der Waals surface area (Å²) in [6, 6.07) is 0. The van der Waals surface area contributed by atoms with Crippen LogP contribution in [-0.2, 0) is 0 Å². The third-order valence-electron chi connectivity index (χ3n) is 1.47. The standard InChI is InChI=1S/C8H5NS/c10-7-1-2-8-6(5-7)3-4-9-8/h1-5H. The van der Waals surface area contributed by atoms with E-state index in [0.717, 1.165) is 16.1 Å². The number of hydrogen-bond acceptors (Lipinski definition) is 2. The van der Waals surface area contributed by atoms with Crippen molar-refractivity contribution in [2.45, 2.75) is 0 Å². The first-order valence-electron chi connectivity index (χ1n) is 3.05. The molecule has 0 atom stereocenters. The summed E-state index contributed by atoms with van der Waals surface area (Å²) < 4.78 is 0. The lowest BCUT2D eigenvalue weighted by atomic mass is 10.1. The molecule has 0 spiro atoms. The SMILES string of the molecule is S=C1C=CC2=NC=CC2=C1. The van der Waals surface area contributed by atoms with Gasteiger partial charge in [0, 0.05) is 16.6 Å². The zero-order chi connectivity index (χ0) is 6.97. The van der Waals surface area contributed by atoms with E-state index in [1.165, 1.54) is 0 Å². The van der Waals surface area contributed by atoms with E-state index in [1.54, 1.807) is 6.20 Å². The van der Waals surface area contributed by atoms with Crippen LogP contribution in [-0.4, -0.2) is 10.6 Å². The van der Waals surface area contributed by atoms with Gasteiger partial charge in [-0.3, -0.25) is 4.99 Å². The molecule has 1 heterocycles. The monoisotopic (exact) mass is 147 g/mol. The highest BCUT2D eigenvalue weighted by Gasteiger charge is 2.08. The summed E-state index contributed by atoms with van der Waals surface area (Å²) in [5.74, 6) is 0. The second-order valence-electron chi connectivity index (χ2n) is 2.17. The highest BCUT2D eigenvalue weighted by Crippen LogP contribution is 2.14. The fourth-order valence-electron chi connectivity index (χ4n) is 0.982. The highest BCUT2D eigenvalue weighted by molar-refractivity contribution is 7.81. The van der Waals surface area contributed by atoms with Crippen molar-refractivity contribution >= 4 is 22.8 Å². The van der Waals surface area contributed by atoms with Crippen molar-refractivity contribution in [2.24, 2.45) is 4.99 Å². The molecule has 2 rings (SSSR count). The molecule has 0 amide bonds. The maximum atomic E-state index is 4.98. The quantitative estimate of drug-likeness (QED) is 0.476. The zero-order valence-electron chi connectivity index (χ0n) is 5.24. The van der Waals surface area contributed by atoms with Crippen LogP contribution in [0.1, 0.15) is 0 Å². The Morgan fingerprint density at radius 2 is 2.10 bits per heavy atom. The van der Waals surface area contributed by atoms with E-state index < -0.39 is 0 Å². The molecule has 2 heteroatoms. The normalized spacial score (nSPS) is 20.6. The van der Waals surface area contributed by atoms with Crippen molar-refractivity contribution in [1.29, 1.82) is 0 Å². The number of hydrogen-bond donors (Lipinski definition) is 0. The Kier molecular flexibility index (Phi) is 1.14. The molecule has 0 bridgehead atoms. The third kappa shape index (κ3) is 0.772. The minimum atomic E-state index is 0.875. The van der Waals surface area contributed by atoms with Crippen molar-refractivity contribution in [3.05, 3.63) is 36.1 Å². The van der Waals surface area contributed by atoms with E-state index in [4.69, 9.17) is 12.2 Å². The predicted molar refractivity (Wildman–Crippen MR) is 46.4 cm³/mol. The first-order chi connectivity index (χ1) is 4.86. The lowest BCUT2D eigenvalue weighted by Gasteiger charge is -2.01. The molecule has 1 aliphatic carbocycles. The molecular formula is C8H5NS. The van der Waals surface area contributed by atoms with Crippen LogP contribution in [0.25, 0.3) is 0 Å². The topological polar surface area (TPSA) is 12.4 Å². The summed E-state index contributed by atoms with van der Waals surface area (Å²) >= 11 is 4.98. The molecular weight excluding hydrogens is 142 g/mol. The van der Waals surface area contributed by atoms with E-state index in [0.29, 0.717) is 0 Å². The molecule has 0 fully saturated rings. The second kappa shape index (κ2) is 1.99. The Morgan fingerprint density at radius 1 is 1.20 bits per heavy atom. The average Bonchev–Trinajstić information content (AvgIpc) is 2.33. The fraction of sp³-hybridized carbons (Fsp3) is 0. The second-order valence-corrected chi connectivity index (χ2v) is 2.64. The Hall–Kier alpha value is -1.02. The van der Waals surface area contributed by atoms with Gasteiger partial charge in [-0.25, -0.2) is 0 Å². The van der Waals surface area contributed by atoms with Gasteiger partial charge in [-0.05, 0) is 24.3 Å². The van der Waals surface area contributed by atoms with Gasteiger partial charge < -0.3 is 0 Å². The van der Waals surface area contributed by atoms with Gasteiger partial charge in [-0.15, -0.1) is 0 Å². The summed E-state index contributed by atoms with van der Waals surface area (Å²) in [7, 11) is 0. The van der Waals surface area contributed by atoms with Crippen LogP contribution in [0, 0.1) is 0 Å². The van der Waals surface area contributed by atoms with E-state index in [9.17, 15) is 0 Å². The van der Waals surface area contributed by atoms with Gasteiger partial charge in [0.25, 0.3) is 0 Å². The Bertz CT molecular complexity index is 305. The molecule has 2 aliphatic rings.